The van der Waals surface area contributed by atoms with Crippen LogP contribution in [-0.4, -0.2) is 40.1 Å². The summed E-state index contributed by atoms with van der Waals surface area (Å²) in [5.41, 5.74) is 2.08. The first-order valence-electron chi connectivity index (χ1n) is 14.2. The van der Waals surface area contributed by atoms with Gasteiger partial charge in [0.2, 0.25) is 0 Å². The predicted molar refractivity (Wildman–Crippen MR) is 165 cm³/mol. The van der Waals surface area contributed by atoms with Crippen molar-refractivity contribution in [2.45, 2.75) is 38.8 Å². The molecule has 1 aromatic heterocycles. The largest absolute Gasteiger partial charge is 0.469 e. The lowest BCUT2D eigenvalue weighted by Gasteiger charge is -2.32. The number of carbonyl (C=O) groups excluding carboxylic acids is 2. The molecule has 1 unspecified atom stereocenters. The van der Waals surface area contributed by atoms with Gasteiger partial charge in [-0.3, -0.25) is 14.2 Å². The number of anilines is 1. The number of rotatable bonds is 10. The number of ether oxygens (including phenoxy) is 1. The number of fused-ring (bicyclic) bond motifs is 2. The molecule has 214 valence electrons. The first kappa shape index (κ1) is 28.5. The maximum atomic E-state index is 14.1. The second-order valence-corrected chi connectivity index (χ2v) is 10.1. The molecule has 0 aliphatic rings. The Morgan fingerprint density at radius 2 is 1.60 bits per heavy atom. The molecule has 5 aromatic rings. The summed E-state index contributed by atoms with van der Waals surface area (Å²) >= 11 is 0. The van der Waals surface area contributed by atoms with Crippen LogP contribution in [0.15, 0.2) is 102 Å². The van der Waals surface area contributed by atoms with Crippen molar-refractivity contribution in [1.82, 2.24) is 14.5 Å². The minimum absolute atomic E-state index is 0.00603. The number of methoxy groups -OCH3 is 1. The van der Waals surface area contributed by atoms with E-state index in [9.17, 15) is 14.4 Å². The van der Waals surface area contributed by atoms with Crippen LogP contribution in [0.25, 0.3) is 21.7 Å². The maximum Gasteiger partial charge on any atom is 0.322 e. The quantitative estimate of drug-likeness (QED) is 0.201. The fraction of sp³-hybridized carbons (Fsp3) is 0.235. The van der Waals surface area contributed by atoms with E-state index in [1.807, 2.05) is 85.8 Å². The number of aromatic nitrogens is 2. The van der Waals surface area contributed by atoms with Crippen molar-refractivity contribution in [3.8, 4) is 0 Å². The summed E-state index contributed by atoms with van der Waals surface area (Å²) in [6.45, 7) is 2.45. The summed E-state index contributed by atoms with van der Waals surface area (Å²) in [7, 11) is 1.32. The Labute approximate surface area is 244 Å². The highest BCUT2D eigenvalue weighted by atomic mass is 16.5. The molecule has 5 rings (SSSR count). The fourth-order valence-corrected chi connectivity index (χ4v) is 5.32. The standard InChI is InChI=1S/C34H34N4O4/c1-3-30(32-35-29-18-10-9-17-27(29)33(40)38(32)23-21-31(39)42-2)37(22-20-24-12-5-4-6-13-24)34(41)36-28-19-11-15-25-14-7-8-16-26(25)28/h4-19,30H,3,20-23H2,1-2H3,(H,36,41). The van der Waals surface area contributed by atoms with Crippen molar-refractivity contribution in [2.75, 3.05) is 19.0 Å². The van der Waals surface area contributed by atoms with Gasteiger partial charge in [-0.1, -0.05) is 85.8 Å². The van der Waals surface area contributed by atoms with Crippen molar-refractivity contribution >= 4 is 39.4 Å². The Bertz CT molecular complexity index is 1760. The molecule has 8 nitrogen and oxygen atoms in total. The molecule has 0 saturated carbocycles. The van der Waals surface area contributed by atoms with Gasteiger partial charge >= 0.3 is 12.0 Å². The lowest BCUT2D eigenvalue weighted by Crippen LogP contribution is -2.42. The molecule has 0 saturated heterocycles. The molecule has 8 heteroatoms. The number of esters is 1. The molecule has 4 aromatic carbocycles. The van der Waals surface area contributed by atoms with Crippen LogP contribution in [0, 0.1) is 0 Å². The van der Waals surface area contributed by atoms with E-state index in [1.54, 1.807) is 23.1 Å². The van der Waals surface area contributed by atoms with Crippen LogP contribution >= 0.6 is 0 Å². The van der Waals surface area contributed by atoms with Crippen molar-refractivity contribution in [2.24, 2.45) is 0 Å². The highest BCUT2D eigenvalue weighted by molar-refractivity contribution is 6.01. The Kier molecular flexibility index (Phi) is 8.92. The third-order valence-corrected chi connectivity index (χ3v) is 7.50. The third kappa shape index (κ3) is 6.17. The summed E-state index contributed by atoms with van der Waals surface area (Å²) in [4.78, 5) is 46.6. The number of nitrogens with one attached hydrogen (secondary N) is 1. The van der Waals surface area contributed by atoms with E-state index in [-0.39, 0.29) is 24.6 Å². The highest BCUT2D eigenvalue weighted by Gasteiger charge is 2.29. The third-order valence-electron chi connectivity index (χ3n) is 7.50. The topological polar surface area (TPSA) is 93.5 Å². The number of urea groups is 1. The normalized spacial score (nSPS) is 11.8. The number of para-hydroxylation sites is 1. The van der Waals surface area contributed by atoms with E-state index >= 15 is 0 Å². The minimum atomic E-state index is -0.543. The zero-order valence-corrected chi connectivity index (χ0v) is 23.8. The molecule has 0 spiro atoms. The van der Waals surface area contributed by atoms with E-state index in [4.69, 9.17) is 9.72 Å². The van der Waals surface area contributed by atoms with Crippen LogP contribution < -0.4 is 10.9 Å². The Hall–Kier alpha value is -4.98. The van der Waals surface area contributed by atoms with Crippen molar-refractivity contribution in [3.63, 3.8) is 0 Å². The molecule has 1 atom stereocenters. The number of carbonyl (C=O) groups is 2. The van der Waals surface area contributed by atoms with E-state index in [2.05, 4.69) is 5.32 Å². The summed E-state index contributed by atoms with van der Waals surface area (Å²) in [5, 5.41) is 5.54. The van der Waals surface area contributed by atoms with Gasteiger partial charge in [-0.2, -0.15) is 0 Å². The van der Waals surface area contributed by atoms with Crippen molar-refractivity contribution < 1.29 is 14.3 Å². The average molecular weight is 563 g/mol. The zero-order valence-electron chi connectivity index (χ0n) is 23.8. The van der Waals surface area contributed by atoms with Gasteiger partial charge in [0.25, 0.3) is 5.56 Å². The van der Waals surface area contributed by atoms with Crippen LogP contribution in [0.1, 0.15) is 37.2 Å². The van der Waals surface area contributed by atoms with E-state index in [0.29, 0.717) is 41.8 Å². The monoisotopic (exact) mass is 562 g/mol. The molecule has 0 aliphatic heterocycles. The molecular formula is C34H34N4O4. The van der Waals surface area contributed by atoms with Gasteiger partial charge in [-0.15, -0.1) is 0 Å². The van der Waals surface area contributed by atoms with Crippen molar-refractivity contribution in [3.05, 3.63) is 119 Å². The number of benzene rings is 4. The Morgan fingerprint density at radius 3 is 2.36 bits per heavy atom. The summed E-state index contributed by atoms with van der Waals surface area (Å²) < 4.78 is 6.37. The molecule has 1 N–H and O–H groups in total. The SMILES string of the molecule is CCC(c1nc2ccccc2c(=O)n1CCC(=O)OC)N(CCc1ccccc1)C(=O)Nc1cccc2ccccc12. The zero-order chi connectivity index (χ0) is 29.5. The average Bonchev–Trinajstić information content (AvgIpc) is 3.03. The summed E-state index contributed by atoms with van der Waals surface area (Å²) in [6.07, 6.45) is 1.12. The summed E-state index contributed by atoms with van der Waals surface area (Å²) in [5.74, 6) is 0.00919. The van der Waals surface area contributed by atoms with Gasteiger partial charge < -0.3 is 15.0 Å². The lowest BCUT2D eigenvalue weighted by atomic mass is 10.1. The molecule has 42 heavy (non-hydrogen) atoms. The van der Waals surface area contributed by atoms with Crippen LogP contribution in [-0.2, 0) is 22.5 Å². The second kappa shape index (κ2) is 13.1. The van der Waals surface area contributed by atoms with Crippen molar-refractivity contribution in [1.29, 1.82) is 0 Å². The molecule has 0 bridgehead atoms. The number of hydrogen-bond donors (Lipinski definition) is 1. The first-order valence-corrected chi connectivity index (χ1v) is 14.2. The first-order chi connectivity index (χ1) is 20.5. The van der Waals surface area contributed by atoms with Gasteiger partial charge in [0.15, 0.2) is 0 Å². The predicted octanol–water partition coefficient (Wildman–Crippen LogP) is 6.34. The number of amides is 2. The highest BCUT2D eigenvalue weighted by Crippen LogP contribution is 2.28. The fourth-order valence-electron chi connectivity index (χ4n) is 5.32. The van der Waals surface area contributed by atoms with Crippen LogP contribution in [0.2, 0.25) is 0 Å². The van der Waals surface area contributed by atoms with E-state index < -0.39 is 12.0 Å². The van der Waals surface area contributed by atoms with Gasteiger partial charge in [0.1, 0.15) is 5.82 Å². The minimum Gasteiger partial charge on any atom is -0.469 e. The number of nitrogens with zero attached hydrogens (tertiary/aromatic N) is 3. The molecule has 0 radical (unpaired) electrons. The molecular weight excluding hydrogens is 528 g/mol. The Morgan fingerprint density at radius 1 is 0.905 bits per heavy atom. The summed E-state index contributed by atoms with van der Waals surface area (Å²) in [6, 6.07) is 30.0. The van der Waals surface area contributed by atoms with Gasteiger partial charge in [-0.25, -0.2) is 9.78 Å². The van der Waals surface area contributed by atoms with Gasteiger partial charge in [0, 0.05) is 18.5 Å². The molecule has 0 aliphatic carbocycles. The molecule has 1 heterocycles. The van der Waals surface area contributed by atoms with E-state index in [1.165, 1.54) is 11.7 Å². The molecule has 0 fully saturated rings. The van der Waals surface area contributed by atoms with E-state index in [0.717, 1.165) is 16.3 Å². The second-order valence-electron chi connectivity index (χ2n) is 10.1. The Balaban J connectivity index is 1.58. The smallest absolute Gasteiger partial charge is 0.322 e. The number of hydrogen-bond acceptors (Lipinski definition) is 5. The van der Waals surface area contributed by atoms with Crippen LogP contribution in [0.4, 0.5) is 10.5 Å². The van der Waals surface area contributed by atoms with Crippen LogP contribution in [0.5, 0.6) is 0 Å². The maximum absolute atomic E-state index is 14.1. The molecule has 2 amide bonds. The van der Waals surface area contributed by atoms with Gasteiger partial charge in [-0.05, 0) is 42.0 Å². The van der Waals surface area contributed by atoms with Crippen LogP contribution in [0.3, 0.4) is 0 Å². The van der Waals surface area contributed by atoms with Gasteiger partial charge in [0.05, 0.1) is 36.2 Å². The lowest BCUT2D eigenvalue weighted by molar-refractivity contribution is -0.140.